The van der Waals surface area contributed by atoms with Crippen molar-refractivity contribution in [1.29, 1.82) is 0 Å². The SMILES string of the molecule is CC(C)c1cccc(C(C)C)c1NC(=O)c1ccc(OCC(=O)NC2CCCCC2)cc1. The zero-order valence-electron chi connectivity index (χ0n) is 19.7. The Hall–Kier alpha value is -2.82. The normalized spacial score (nSPS) is 14.4. The van der Waals surface area contributed by atoms with Crippen LogP contribution in [0.4, 0.5) is 5.69 Å². The molecule has 0 radical (unpaired) electrons. The summed E-state index contributed by atoms with van der Waals surface area (Å²) >= 11 is 0. The molecule has 172 valence electrons. The van der Waals surface area contributed by atoms with Gasteiger partial charge in [-0.15, -0.1) is 0 Å². The summed E-state index contributed by atoms with van der Waals surface area (Å²) in [5, 5.41) is 6.18. The number of carbonyl (C=O) groups excluding carboxylic acids is 2. The second-order valence-electron chi connectivity index (χ2n) is 9.29. The maximum Gasteiger partial charge on any atom is 0.258 e. The molecule has 1 saturated carbocycles. The molecule has 0 saturated heterocycles. The van der Waals surface area contributed by atoms with E-state index in [1.165, 1.54) is 19.3 Å². The number of amides is 2. The van der Waals surface area contributed by atoms with E-state index in [1.807, 2.05) is 0 Å². The van der Waals surface area contributed by atoms with Gasteiger partial charge in [0.05, 0.1) is 0 Å². The molecule has 2 aromatic rings. The van der Waals surface area contributed by atoms with Crippen molar-refractivity contribution in [3.63, 3.8) is 0 Å². The highest BCUT2D eigenvalue weighted by atomic mass is 16.5. The maximum absolute atomic E-state index is 12.9. The van der Waals surface area contributed by atoms with Crippen LogP contribution in [0.1, 0.15) is 93.1 Å². The molecule has 1 aliphatic rings. The van der Waals surface area contributed by atoms with Crippen LogP contribution in [-0.2, 0) is 4.79 Å². The number of benzene rings is 2. The number of para-hydroxylation sites is 1. The smallest absolute Gasteiger partial charge is 0.258 e. The predicted molar refractivity (Wildman–Crippen MR) is 130 cm³/mol. The van der Waals surface area contributed by atoms with Crippen molar-refractivity contribution in [2.45, 2.75) is 77.7 Å². The topological polar surface area (TPSA) is 67.4 Å². The molecule has 1 fully saturated rings. The Balaban J connectivity index is 1.60. The number of hydrogen-bond acceptors (Lipinski definition) is 3. The van der Waals surface area contributed by atoms with Crippen LogP contribution < -0.4 is 15.4 Å². The molecule has 0 spiro atoms. The molecule has 0 atom stereocenters. The summed E-state index contributed by atoms with van der Waals surface area (Å²) in [7, 11) is 0. The summed E-state index contributed by atoms with van der Waals surface area (Å²) in [5.74, 6) is 0.941. The molecule has 0 aliphatic heterocycles. The minimum Gasteiger partial charge on any atom is -0.484 e. The summed E-state index contributed by atoms with van der Waals surface area (Å²) in [6.45, 7) is 8.51. The molecular weight excluding hydrogens is 400 g/mol. The fourth-order valence-corrected chi connectivity index (χ4v) is 4.25. The van der Waals surface area contributed by atoms with Gasteiger partial charge in [-0.2, -0.15) is 0 Å². The molecule has 0 bridgehead atoms. The van der Waals surface area contributed by atoms with Crippen molar-refractivity contribution in [2.75, 3.05) is 11.9 Å². The summed E-state index contributed by atoms with van der Waals surface area (Å²) in [5.41, 5.74) is 3.72. The van der Waals surface area contributed by atoms with Crippen molar-refractivity contribution in [1.82, 2.24) is 5.32 Å². The highest BCUT2D eigenvalue weighted by Crippen LogP contribution is 2.32. The molecule has 2 aromatic carbocycles. The van der Waals surface area contributed by atoms with E-state index in [4.69, 9.17) is 4.74 Å². The molecular formula is C27H36N2O3. The average Bonchev–Trinajstić information content (AvgIpc) is 2.78. The minimum atomic E-state index is -0.151. The Kier molecular flexibility index (Phi) is 8.32. The molecule has 0 heterocycles. The van der Waals surface area contributed by atoms with Gasteiger partial charge in [0.2, 0.25) is 0 Å². The Morgan fingerprint density at radius 3 is 2.06 bits per heavy atom. The zero-order chi connectivity index (χ0) is 23.1. The fraction of sp³-hybridized carbons (Fsp3) is 0.481. The third-order valence-electron chi connectivity index (χ3n) is 6.07. The number of anilines is 1. The van der Waals surface area contributed by atoms with Gasteiger partial charge >= 0.3 is 0 Å². The second kappa shape index (κ2) is 11.2. The largest absolute Gasteiger partial charge is 0.484 e. The lowest BCUT2D eigenvalue weighted by Crippen LogP contribution is -2.38. The van der Waals surface area contributed by atoms with Crippen LogP contribution in [0, 0.1) is 0 Å². The highest BCUT2D eigenvalue weighted by Gasteiger charge is 2.18. The summed E-state index contributed by atoms with van der Waals surface area (Å²) in [6, 6.07) is 13.4. The van der Waals surface area contributed by atoms with Gasteiger partial charge in [0.15, 0.2) is 6.61 Å². The van der Waals surface area contributed by atoms with Crippen LogP contribution in [0.25, 0.3) is 0 Å². The number of nitrogens with one attached hydrogen (secondary N) is 2. The Morgan fingerprint density at radius 2 is 1.50 bits per heavy atom. The molecule has 1 aliphatic carbocycles. The molecule has 0 unspecified atom stereocenters. The molecule has 32 heavy (non-hydrogen) atoms. The lowest BCUT2D eigenvalue weighted by Gasteiger charge is -2.22. The summed E-state index contributed by atoms with van der Waals surface area (Å²) in [6.07, 6.45) is 5.71. The van der Waals surface area contributed by atoms with Gasteiger partial charge in [-0.1, -0.05) is 65.2 Å². The number of ether oxygens (including phenoxy) is 1. The van der Waals surface area contributed by atoms with Crippen LogP contribution >= 0.6 is 0 Å². The van der Waals surface area contributed by atoms with Crippen molar-refractivity contribution >= 4 is 17.5 Å². The third kappa shape index (κ3) is 6.35. The van der Waals surface area contributed by atoms with Crippen molar-refractivity contribution in [2.24, 2.45) is 0 Å². The quantitative estimate of drug-likeness (QED) is 0.532. The van der Waals surface area contributed by atoms with Crippen LogP contribution in [-0.4, -0.2) is 24.5 Å². The summed E-state index contributed by atoms with van der Waals surface area (Å²) in [4.78, 5) is 25.1. The van der Waals surface area contributed by atoms with Gasteiger partial charge in [-0.3, -0.25) is 9.59 Å². The van der Waals surface area contributed by atoms with E-state index in [0.29, 0.717) is 23.1 Å². The average molecular weight is 437 g/mol. The van der Waals surface area contributed by atoms with Crippen LogP contribution in [0.3, 0.4) is 0 Å². The third-order valence-corrected chi connectivity index (χ3v) is 6.07. The van der Waals surface area contributed by atoms with E-state index in [0.717, 1.165) is 29.7 Å². The summed E-state index contributed by atoms with van der Waals surface area (Å²) < 4.78 is 5.62. The molecule has 2 amide bonds. The Labute approximate surface area is 191 Å². The lowest BCUT2D eigenvalue weighted by molar-refractivity contribution is -0.124. The maximum atomic E-state index is 12.9. The van der Waals surface area contributed by atoms with Gasteiger partial charge in [-0.25, -0.2) is 0 Å². The van der Waals surface area contributed by atoms with Gasteiger partial charge in [0.1, 0.15) is 5.75 Å². The van der Waals surface area contributed by atoms with E-state index >= 15 is 0 Å². The van der Waals surface area contributed by atoms with Gasteiger partial charge in [-0.05, 0) is 60.1 Å². The van der Waals surface area contributed by atoms with Gasteiger partial charge < -0.3 is 15.4 Å². The molecule has 5 nitrogen and oxygen atoms in total. The predicted octanol–water partition coefficient (Wildman–Crippen LogP) is 6.01. The molecule has 3 rings (SSSR count). The Morgan fingerprint density at radius 1 is 0.906 bits per heavy atom. The van der Waals surface area contributed by atoms with Crippen molar-refractivity contribution in [3.05, 3.63) is 59.2 Å². The first-order valence-corrected chi connectivity index (χ1v) is 11.8. The van der Waals surface area contributed by atoms with Gasteiger partial charge in [0, 0.05) is 17.3 Å². The number of rotatable bonds is 8. The standard InChI is InChI=1S/C27H36N2O3/c1-18(2)23-11-8-12-24(19(3)4)26(23)29-27(31)20-13-15-22(16-14-20)32-17-25(30)28-21-9-6-5-7-10-21/h8,11-16,18-19,21H,5-7,9-10,17H2,1-4H3,(H,28,30)(H,29,31). The first-order chi connectivity index (χ1) is 15.3. The van der Waals surface area contributed by atoms with E-state index in [1.54, 1.807) is 24.3 Å². The van der Waals surface area contributed by atoms with E-state index < -0.39 is 0 Å². The van der Waals surface area contributed by atoms with E-state index in [9.17, 15) is 9.59 Å². The first kappa shape index (κ1) is 23.8. The van der Waals surface area contributed by atoms with Crippen LogP contribution in [0.5, 0.6) is 5.75 Å². The molecule has 5 heteroatoms. The van der Waals surface area contributed by atoms with Crippen molar-refractivity contribution in [3.8, 4) is 5.75 Å². The number of hydrogen-bond donors (Lipinski definition) is 2. The fourth-order valence-electron chi connectivity index (χ4n) is 4.25. The van der Waals surface area contributed by atoms with Crippen LogP contribution in [0.15, 0.2) is 42.5 Å². The van der Waals surface area contributed by atoms with E-state index in [2.05, 4.69) is 56.5 Å². The van der Waals surface area contributed by atoms with E-state index in [-0.39, 0.29) is 24.5 Å². The van der Waals surface area contributed by atoms with Gasteiger partial charge in [0.25, 0.3) is 11.8 Å². The molecule has 0 aromatic heterocycles. The first-order valence-electron chi connectivity index (χ1n) is 11.8. The minimum absolute atomic E-state index is 0.0123. The second-order valence-corrected chi connectivity index (χ2v) is 9.29. The van der Waals surface area contributed by atoms with Crippen molar-refractivity contribution < 1.29 is 14.3 Å². The highest BCUT2D eigenvalue weighted by molar-refractivity contribution is 6.05. The zero-order valence-corrected chi connectivity index (χ0v) is 19.7. The lowest BCUT2D eigenvalue weighted by atomic mass is 9.92. The monoisotopic (exact) mass is 436 g/mol. The molecule has 2 N–H and O–H groups in total. The van der Waals surface area contributed by atoms with Crippen LogP contribution in [0.2, 0.25) is 0 Å². The number of carbonyl (C=O) groups is 2. The Bertz CT molecular complexity index is 887.